The lowest BCUT2D eigenvalue weighted by molar-refractivity contribution is 0.829. The molecule has 0 spiro atoms. The zero-order valence-electron chi connectivity index (χ0n) is 11.5. The summed E-state index contributed by atoms with van der Waals surface area (Å²) in [6.45, 7) is 2.00. The minimum atomic E-state index is -0.0720. The molecule has 0 saturated heterocycles. The van der Waals surface area contributed by atoms with Gasteiger partial charge in [-0.15, -0.1) is 0 Å². The summed E-state index contributed by atoms with van der Waals surface area (Å²) in [6.07, 6.45) is 3.46. The molecular weight excluding hydrogens is 328 g/mol. The third kappa shape index (κ3) is 2.85. The predicted molar refractivity (Wildman–Crippen MR) is 90.9 cm³/mol. The smallest absolute Gasteiger partial charge is 0.0741 e. The maximum Gasteiger partial charge on any atom is 0.0741 e. The van der Waals surface area contributed by atoms with E-state index >= 15 is 0 Å². The molecule has 1 atom stereocenters. The quantitative estimate of drug-likeness (QED) is 0.622. The van der Waals surface area contributed by atoms with Crippen molar-refractivity contribution in [2.75, 3.05) is 0 Å². The van der Waals surface area contributed by atoms with Crippen molar-refractivity contribution in [1.82, 2.24) is 4.73 Å². The lowest BCUT2D eigenvalue weighted by atomic mass is 10.1. The van der Waals surface area contributed by atoms with E-state index in [2.05, 4.69) is 20.9 Å². The second-order valence-electron chi connectivity index (χ2n) is 4.94. The molecule has 0 aliphatic carbocycles. The van der Waals surface area contributed by atoms with Crippen LogP contribution in [0.5, 0.6) is 0 Å². The van der Waals surface area contributed by atoms with E-state index in [4.69, 9.17) is 0 Å². The van der Waals surface area contributed by atoms with Crippen molar-refractivity contribution >= 4 is 33.0 Å². The van der Waals surface area contributed by atoms with Crippen LogP contribution in [0.2, 0.25) is 0 Å². The number of fused-ring (bicyclic) bond motifs is 1. The second kappa shape index (κ2) is 5.74. The van der Waals surface area contributed by atoms with Crippen molar-refractivity contribution in [3.8, 4) is 0 Å². The Hall–Kier alpha value is -2.07. The van der Waals surface area contributed by atoms with Gasteiger partial charge in [-0.05, 0) is 30.7 Å². The number of hydrogen-bond acceptors (Lipinski definition) is 2. The first kappa shape index (κ1) is 13.9. The Morgan fingerprint density at radius 2 is 1.95 bits per heavy atom. The molecule has 0 aliphatic heterocycles. The van der Waals surface area contributed by atoms with Gasteiger partial charge < -0.3 is 9.94 Å². The van der Waals surface area contributed by atoms with Gasteiger partial charge in [-0.3, -0.25) is 4.99 Å². The third-order valence-electron chi connectivity index (χ3n) is 3.46. The van der Waals surface area contributed by atoms with Crippen LogP contribution in [0.1, 0.15) is 24.1 Å². The van der Waals surface area contributed by atoms with Crippen LogP contribution in [-0.4, -0.2) is 10.9 Å². The van der Waals surface area contributed by atoms with E-state index in [9.17, 15) is 5.21 Å². The Morgan fingerprint density at radius 3 is 2.71 bits per heavy atom. The van der Waals surface area contributed by atoms with Gasteiger partial charge in [0.1, 0.15) is 0 Å². The Bertz CT molecular complexity index is 793. The predicted octanol–water partition coefficient (Wildman–Crippen LogP) is 4.93. The fraction of sp³-hybridized carbons (Fsp3) is 0.118. The molecule has 0 N–H and O–H groups in total. The highest BCUT2D eigenvalue weighted by Crippen LogP contribution is 2.30. The van der Waals surface area contributed by atoms with Crippen LogP contribution in [-0.2, 0) is 0 Å². The fourth-order valence-electron chi connectivity index (χ4n) is 2.35. The summed E-state index contributed by atoms with van der Waals surface area (Å²) < 4.78 is 1.87. The van der Waals surface area contributed by atoms with E-state index in [-0.39, 0.29) is 6.04 Å². The van der Waals surface area contributed by atoms with E-state index in [1.54, 1.807) is 6.20 Å². The fourth-order valence-corrected chi connectivity index (χ4v) is 2.71. The molecule has 106 valence electrons. The van der Waals surface area contributed by atoms with Gasteiger partial charge in [0, 0.05) is 33.4 Å². The monoisotopic (exact) mass is 341 g/mol. The number of aromatic nitrogens is 1. The molecule has 2 aromatic carbocycles. The molecule has 21 heavy (non-hydrogen) atoms. The lowest BCUT2D eigenvalue weighted by Gasteiger charge is -2.06. The van der Waals surface area contributed by atoms with Gasteiger partial charge in [0.25, 0.3) is 0 Å². The molecular formula is C17H14BrN2O-. The Labute approximate surface area is 131 Å². The highest BCUT2D eigenvalue weighted by molar-refractivity contribution is 9.10. The molecule has 3 rings (SSSR count). The normalized spacial score (nSPS) is 13.0. The van der Waals surface area contributed by atoms with Gasteiger partial charge in [-0.25, -0.2) is 0 Å². The summed E-state index contributed by atoms with van der Waals surface area (Å²) in [6, 6.07) is 15.5. The molecule has 0 fully saturated rings. The topological polar surface area (TPSA) is 40.3 Å². The largest absolute Gasteiger partial charge is 0.806 e. The number of halogens is 1. The number of benzene rings is 2. The van der Waals surface area contributed by atoms with Crippen molar-refractivity contribution < 1.29 is 0 Å². The van der Waals surface area contributed by atoms with Crippen molar-refractivity contribution in [1.29, 1.82) is 0 Å². The molecule has 3 nitrogen and oxygen atoms in total. The number of aliphatic imine (C=N–C) groups is 1. The van der Waals surface area contributed by atoms with Crippen molar-refractivity contribution in [3.63, 3.8) is 0 Å². The van der Waals surface area contributed by atoms with Crippen LogP contribution >= 0.6 is 15.9 Å². The first-order chi connectivity index (χ1) is 10.1. The van der Waals surface area contributed by atoms with Crippen LogP contribution in [0, 0.1) is 5.21 Å². The summed E-state index contributed by atoms with van der Waals surface area (Å²) in [5, 5.41) is 12.9. The molecule has 0 radical (unpaired) electrons. The summed E-state index contributed by atoms with van der Waals surface area (Å²) in [5.41, 5.74) is 2.67. The van der Waals surface area contributed by atoms with Gasteiger partial charge in [0.05, 0.1) is 6.04 Å². The first-order valence-electron chi connectivity index (χ1n) is 6.71. The van der Waals surface area contributed by atoms with Gasteiger partial charge in [-0.1, -0.05) is 46.3 Å². The zero-order chi connectivity index (χ0) is 14.8. The van der Waals surface area contributed by atoms with Crippen LogP contribution in [0.4, 0.5) is 0 Å². The molecule has 3 aromatic rings. The van der Waals surface area contributed by atoms with Crippen molar-refractivity contribution in [2.24, 2.45) is 4.99 Å². The first-order valence-corrected chi connectivity index (χ1v) is 7.50. The van der Waals surface area contributed by atoms with E-state index in [0.717, 1.165) is 25.7 Å². The molecule has 0 amide bonds. The van der Waals surface area contributed by atoms with Crippen LogP contribution in [0.25, 0.3) is 10.9 Å². The molecule has 0 aliphatic rings. The van der Waals surface area contributed by atoms with Crippen molar-refractivity contribution in [3.05, 3.63) is 75.5 Å². The van der Waals surface area contributed by atoms with Crippen LogP contribution in [0.3, 0.4) is 0 Å². The lowest BCUT2D eigenvalue weighted by Crippen LogP contribution is -1.90. The number of nitrogens with zero attached hydrogens (tertiary/aromatic N) is 2. The molecule has 1 heterocycles. The summed E-state index contributed by atoms with van der Waals surface area (Å²) in [7, 11) is 0. The highest BCUT2D eigenvalue weighted by Gasteiger charge is 2.11. The van der Waals surface area contributed by atoms with E-state index in [1.165, 1.54) is 0 Å². The van der Waals surface area contributed by atoms with Crippen molar-refractivity contribution in [2.45, 2.75) is 13.0 Å². The van der Waals surface area contributed by atoms with Gasteiger partial charge in [-0.2, -0.15) is 0 Å². The molecule has 1 aromatic heterocycles. The Morgan fingerprint density at radius 1 is 1.19 bits per heavy atom. The van der Waals surface area contributed by atoms with E-state index in [0.29, 0.717) is 5.52 Å². The Balaban J connectivity index is 1.96. The molecule has 0 bridgehead atoms. The Kier molecular flexibility index (Phi) is 3.80. The maximum absolute atomic E-state index is 11.9. The maximum atomic E-state index is 11.9. The second-order valence-corrected chi connectivity index (χ2v) is 5.85. The van der Waals surface area contributed by atoms with Gasteiger partial charge in [0.2, 0.25) is 0 Å². The standard InChI is InChI=1S/C17H14BrN2O/c1-12(19-10-13-5-3-2-4-6-13)16-11-20(21)17-8-7-14(18)9-15(16)17/h2-12H,1H3/q-1. The van der Waals surface area contributed by atoms with Gasteiger partial charge >= 0.3 is 0 Å². The van der Waals surface area contributed by atoms with Gasteiger partial charge in [0.15, 0.2) is 0 Å². The zero-order valence-corrected chi connectivity index (χ0v) is 13.1. The number of hydrogen-bond donors (Lipinski definition) is 0. The summed E-state index contributed by atoms with van der Waals surface area (Å²) >= 11 is 3.45. The molecule has 1 unspecified atom stereocenters. The summed E-state index contributed by atoms with van der Waals surface area (Å²) in [5.74, 6) is 0. The average molecular weight is 342 g/mol. The average Bonchev–Trinajstić information content (AvgIpc) is 2.82. The minimum Gasteiger partial charge on any atom is -0.806 e. The van der Waals surface area contributed by atoms with E-state index < -0.39 is 0 Å². The summed E-state index contributed by atoms with van der Waals surface area (Å²) in [4.78, 5) is 4.57. The molecule has 0 saturated carbocycles. The highest BCUT2D eigenvalue weighted by atomic mass is 79.9. The van der Waals surface area contributed by atoms with E-state index in [1.807, 2.05) is 61.7 Å². The SMILES string of the molecule is CC(N=Cc1ccccc1)c1cn([O-])c2ccc(Br)cc12. The van der Waals surface area contributed by atoms with Crippen LogP contribution < -0.4 is 0 Å². The van der Waals surface area contributed by atoms with Crippen LogP contribution in [0.15, 0.2) is 64.2 Å². The third-order valence-corrected chi connectivity index (χ3v) is 3.95. The molecule has 4 heteroatoms. The number of rotatable bonds is 3. The minimum absolute atomic E-state index is 0.0720.